The molecule has 0 bridgehead atoms. The van der Waals surface area contributed by atoms with Gasteiger partial charge >= 0.3 is 0 Å². The van der Waals surface area contributed by atoms with Gasteiger partial charge in [0.25, 0.3) is 0 Å². The van der Waals surface area contributed by atoms with E-state index in [1.54, 1.807) is 35.3 Å². The first-order valence-electron chi connectivity index (χ1n) is 8.91. The second kappa shape index (κ2) is 13.0. The molecule has 0 fully saturated rings. The quantitative estimate of drug-likeness (QED) is 0.455. The van der Waals surface area contributed by atoms with Gasteiger partial charge in [-0.2, -0.15) is 0 Å². The van der Waals surface area contributed by atoms with Crippen molar-refractivity contribution in [2.75, 3.05) is 43.7 Å². The van der Waals surface area contributed by atoms with E-state index < -0.39 is 0 Å². The Bertz CT molecular complexity index is 504. The standard InChI is InChI=1S/C19H32N2OS3/c1-6-8-10-21(11-9-7-2)14-18(22)20-19-16(24-4)12-15(23-3)13-17(19)25-5/h12-13H,6-11,14H2,1-5H3,(H,20,22). The van der Waals surface area contributed by atoms with Crippen molar-refractivity contribution >= 4 is 46.9 Å². The maximum atomic E-state index is 12.7. The van der Waals surface area contributed by atoms with Gasteiger partial charge in [-0.05, 0) is 56.8 Å². The molecule has 0 atom stereocenters. The van der Waals surface area contributed by atoms with Crippen LogP contribution in [0.15, 0.2) is 26.8 Å². The Labute approximate surface area is 166 Å². The Hall–Kier alpha value is -0.300. The molecule has 0 aliphatic rings. The molecular formula is C19H32N2OS3. The highest BCUT2D eigenvalue weighted by molar-refractivity contribution is 8.00. The van der Waals surface area contributed by atoms with Gasteiger partial charge < -0.3 is 5.32 Å². The van der Waals surface area contributed by atoms with Crippen molar-refractivity contribution in [3.05, 3.63) is 12.1 Å². The Morgan fingerprint density at radius 1 is 0.960 bits per heavy atom. The number of benzene rings is 1. The molecule has 0 saturated heterocycles. The van der Waals surface area contributed by atoms with Crippen molar-refractivity contribution in [3.63, 3.8) is 0 Å². The fraction of sp³-hybridized carbons (Fsp3) is 0.632. The van der Waals surface area contributed by atoms with Crippen molar-refractivity contribution in [2.45, 2.75) is 54.2 Å². The van der Waals surface area contributed by atoms with Crippen molar-refractivity contribution < 1.29 is 4.79 Å². The second-order valence-corrected chi connectivity index (χ2v) is 8.51. The third-order valence-electron chi connectivity index (χ3n) is 4.00. The number of thioether (sulfide) groups is 3. The maximum absolute atomic E-state index is 12.7. The zero-order valence-corrected chi connectivity index (χ0v) is 18.6. The average Bonchev–Trinajstić information content (AvgIpc) is 2.63. The highest BCUT2D eigenvalue weighted by Gasteiger charge is 2.15. The molecule has 0 aromatic heterocycles. The molecule has 1 aromatic rings. The average molecular weight is 401 g/mol. The van der Waals surface area contributed by atoms with Crippen molar-refractivity contribution in [1.29, 1.82) is 0 Å². The summed E-state index contributed by atoms with van der Waals surface area (Å²) in [6, 6.07) is 4.33. The Morgan fingerprint density at radius 3 is 1.88 bits per heavy atom. The number of rotatable bonds is 12. The second-order valence-electron chi connectivity index (χ2n) is 5.94. The summed E-state index contributed by atoms with van der Waals surface area (Å²) >= 11 is 5.11. The number of unbranched alkanes of at least 4 members (excludes halogenated alkanes) is 2. The SMILES string of the molecule is CCCCN(CCCC)CC(=O)Nc1c(SC)cc(SC)cc1SC. The minimum atomic E-state index is 0.0923. The molecule has 0 aliphatic carbocycles. The van der Waals surface area contributed by atoms with E-state index >= 15 is 0 Å². The van der Waals surface area contributed by atoms with Crippen LogP contribution in [0.2, 0.25) is 0 Å². The van der Waals surface area contributed by atoms with E-state index in [0.717, 1.165) is 54.3 Å². The van der Waals surface area contributed by atoms with Gasteiger partial charge in [-0.3, -0.25) is 9.69 Å². The van der Waals surface area contributed by atoms with E-state index in [9.17, 15) is 4.79 Å². The van der Waals surface area contributed by atoms with Crippen LogP contribution in [0.4, 0.5) is 5.69 Å². The van der Waals surface area contributed by atoms with Gasteiger partial charge in [0.05, 0.1) is 12.2 Å². The largest absolute Gasteiger partial charge is 0.323 e. The van der Waals surface area contributed by atoms with Gasteiger partial charge in [0.1, 0.15) is 0 Å². The van der Waals surface area contributed by atoms with Gasteiger partial charge in [-0.15, -0.1) is 35.3 Å². The molecule has 0 saturated carbocycles. The first-order chi connectivity index (χ1) is 12.1. The third kappa shape index (κ3) is 7.85. The topological polar surface area (TPSA) is 32.3 Å². The molecule has 0 spiro atoms. The molecule has 1 aromatic carbocycles. The van der Waals surface area contributed by atoms with Crippen molar-refractivity contribution in [2.24, 2.45) is 0 Å². The molecule has 0 aliphatic heterocycles. The summed E-state index contributed by atoms with van der Waals surface area (Å²) in [4.78, 5) is 18.5. The molecule has 1 amide bonds. The summed E-state index contributed by atoms with van der Waals surface area (Å²) < 4.78 is 0. The van der Waals surface area contributed by atoms with E-state index in [0.29, 0.717) is 6.54 Å². The number of anilines is 1. The highest BCUT2D eigenvalue weighted by Crippen LogP contribution is 2.38. The zero-order chi connectivity index (χ0) is 18.7. The fourth-order valence-corrected chi connectivity index (χ4v) is 4.45. The number of carbonyl (C=O) groups excluding carboxylic acids is 1. The summed E-state index contributed by atoms with van der Waals surface area (Å²) in [5.74, 6) is 0.0923. The minimum absolute atomic E-state index is 0.0923. The van der Waals surface area contributed by atoms with Crippen LogP contribution in [0.5, 0.6) is 0 Å². The molecule has 0 radical (unpaired) electrons. The summed E-state index contributed by atoms with van der Waals surface area (Å²) in [6.45, 7) is 6.87. The lowest BCUT2D eigenvalue weighted by Gasteiger charge is -2.22. The number of hydrogen-bond donors (Lipinski definition) is 1. The van der Waals surface area contributed by atoms with Crippen LogP contribution in [0.25, 0.3) is 0 Å². The summed E-state index contributed by atoms with van der Waals surface area (Å²) in [6.07, 6.45) is 10.8. The van der Waals surface area contributed by atoms with Crippen LogP contribution < -0.4 is 5.32 Å². The Kier molecular flexibility index (Phi) is 11.8. The molecular weight excluding hydrogens is 368 g/mol. The van der Waals surface area contributed by atoms with Crippen molar-refractivity contribution in [3.8, 4) is 0 Å². The smallest absolute Gasteiger partial charge is 0.238 e. The third-order valence-corrected chi connectivity index (χ3v) is 6.23. The van der Waals surface area contributed by atoms with E-state index in [2.05, 4.69) is 55.0 Å². The number of hydrogen-bond acceptors (Lipinski definition) is 5. The van der Waals surface area contributed by atoms with E-state index in [1.165, 1.54) is 4.90 Å². The van der Waals surface area contributed by atoms with Crippen LogP contribution in [-0.2, 0) is 4.79 Å². The maximum Gasteiger partial charge on any atom is 0.238 e. The molecule has 1 N–H and O–H groups in total. The molecule has 25 heavy (non-hydrogen) atoms. The predicted octanol–water partition coefficient (Wildman–Crippen LogP) is 5.69. The number of nitrogens with zero attached hydrogens (tertiary/aromatic N) is 1. The van der Waals surface area contributed by atoms with Gasteiger partial charge in [0.15, 0.2) is 0 Å². The molecule has 0 unspecified atom stereocenters. The summed E-state index contributed by atoms with van der Waals surface area (Å²) in [5, 5.41) is 3.18. The minimum Gasteiger partial charge on any atom is -0.323 e. The Morgan fingerprint density at radius 2 is 1.48 bits per heavy atom. The van der Waals surface area contributed by atoms with Crippen LogP contribution in [-0.4, -0.2) is 49.2 Å². The first kappa shape index (κ1) is 22.7. The normalized spacial score (nSPS) is 11.1. The Balaban J connectivity index is 2.86. The van der Waals surface area contributed by atoms with E-state index in [-0.39, 0.29) is 5.91 Å². The van der Waals surface area contributed by atoms with Crippen LogP contribution >= 0.6 is 35.3 Å². The van der Waals surface area contributed by atoms with Crippen LogP contribution in [0, 0.1) is 0 Å². The fourth-order valence-electron chi connectivity index (χ4n) is 2.54. The molecule has 142 valence electrons. The summed E-state index contributed by atoms with van der Waals surface area (Å²) in [7, 11) is 0. The zero-order valence-electron chi connectivity index (χ0n) is 16.2. The molecule has 3 nitrogen and oxygen atoms in total. The van der Waals surface area contributed by atoms with Gasteiger partial charge in [-0.25, -0.2) is 0 Å². The molecule has 0 heterocycles. The number of amides is 1. The summed E-state index contributed by atoms with van der Waals surface area (Å²) in [5.41, 5.74) is 0.966. The number of nitrogens with one attached hydrogen (secondary N) is 1. The van der Waals surface area contributed by atoms with E-state index in [1.807, 2.05) is 0 Å². The number of carbonyl (C=O) groups is 1. The van der Waals surface area contributed by atoms with Gasteiger partial charge in [0.2, 0.25) is 5.91 Å². The first-order valence-corrected chi connectivity index (χ1v) is 12.6. The van der Waals surface area contributed by atoms with Crippen LogP contribution in [0.1, 0.15) is 39.5 Å². The lowest BCUT2D eigenvalue weighted by atomic mass is 10.2. The monoisotopic (exact) mass is 400 g/mol. The van der Waals surface area contributed by atoms with Crippen molar-refractivity contribution in [1.82, 2.24) is 4.90 Å². The molecule has 6 heteroatoms. The van der Waals surface area contributed by atoms with E-state index in [4.69, 9.17) is 0 Å². The predicted molar refractivity (Wildman–Crippen MR) is 117 cm³/mol. The lowest BCUT2D eigenvalue weighted by molar-refractivity contribution is -0.117. The van der Waals surface area contributed by atoms with Crippen LogP contribution in [0.3, 0.4) is 0 Å². The lowest BCUT2D eigenvalue weighted by Crippen LogP contribution is -2.35. The highest BCUT2D eigenvalue weighted by atomic mass is 32.2. The van der Waals surface area contributed by atoms with Gasteiger partial charge in [0, 0.05) is 14.7 Å². The van der Waals surface area contributed by atoms with Gasteiger partial charge in [-0.1, -0.05) is 26.7 Å². The molecule has 1 rings (SSSR count).